The smallest absolute Gasteiger partial charge is 0.293 e. The lowest BCUT2D eigenvalue weighted by molar-refractivity contribution is -0.130. The van der Waals surface area contributed by atoms with Crippen LogP contribution in [0.3, 0.4) is 0 Å². The second-order valence-electron chi connectivity index (χ2n) is 6.15. The Morgan fingerprint density at radius 2 is 2.30 bits per heavy atom. The number of nitrogens with one attached hydrogen (secondary N) is 1. The molecule has 1 atom stereocenters. The van der Waals surface area contributed by atoms with Gasteiger partial charge in [0.25, 0.3) is 12.9 Å². The largest absolute Gasteiger partial charge is 0.491 e. The molecule has 0 bridgehead atoms. The molecular formula is C18H22F2N4O3. The van der Waals surface area contributed by atoms with E-state index < -0.39 is 19.1 Å². The number of hydrogen-bond donors (Lipinski definition) is 1. The molecule has 1 aliphatic heterocycles. The maximum atomic E-state index is 13.4. The number of carbonyl (C=O) groups excluding carboxylic acids is 1. The molecule has 146 valence electrons. The van der Waals surface area contributed by atoms with Crippen LogP contribution in [0.2, 0.25) is 0 Å². The zero-order chi connectivity index (χ0) is 19.4. The minimum Gasteiger partial charge on any atom is -0.491 e. The van der Waals surface area contributed by atoms with Gasteiger partial charge in [-0.25, -0.2) is 13.8 Å². The zero-order valence-electron chi connectivity index (χ0n) is 15.2. The zero-order valence-corrected chi connectivity index (χ0v) is 15.2. The third kappa shape index (κ3) is 3.96. The van der Waals surface area contributed by atoms with Crippen LogP contribution in [0, 0.1) is 0 Å². The van der Waals surface area contributed by atoms with Gasteiger partial charge in [0.1, 0.15) is 36.6 Å². The predicted octanol–water partition coefficient (Wildman–Crippen LogP) is 2.62. The third-order valence-corrected chi connectivity index (χ3v) is 4.44. The molecule has 0 fully saturated rings. The number of halogens is 2. The van der Waals surface area contributed by atoms with E-state index in [1.807, 2.05) is 29.7 Å². The van der Waals surface area contributed by atoms with Gasteiger partial charge in [-0.2, -0.15) is 0 Å². The molecule has 0 amide bonds. The number of anilines is 2. The summed E-state index contributed by atoms with van der Waals surface area (Å²) in [7, 11) is 1.51. The Hall–Kier alpha value is -2.84. The van der Waals surface area contributed by atoms with Gasteiger partial charge in [0.15, 0.2) is 0 Å². The molecule has 0 saturated carbocycles. The Bertz CT molecular complexity index is 797. The Morgan fingerprint density at radius 1 is 1.48 bits per heavy atom. The fourth-order valence-corrected chi connectivity index (χ4v) is 3.01. The molecule has 9 heteroatoms. The number of ether oxygens (including phenoxy) is 2. The topological polar surface area (TPSA) is 68.6 Å². The first-order valence-corrected chi connectivity index (χ1v) is 8.69. The van der Waals surface area contributed by atoms with Crippen LogP contribution >= 0.6 is 0 Å². The summed E-state index contributed by atoms with van der Waals surface area (Å²) in [4.78, 5) is 16.3. The maximum Gasteiger partial charge on any atom is 0.293 e. The normalized spacial score (nSPS) is 13.8. The van der Waals surface area contributed by atoms with Gasteiger partial charge in [-0.05, 0) is 19.1 Å². The summed E-state index contributed by atoms with van der Waals surface area (Å²) in [5, 5.41) is 3.23. The summed E-state index contributed by atoms with van der Waals surface area (Å²) in [6.45, 7) is 3.55. The number of fused-ring (bicyclic) bond motifs is 3. The summed E-state index contributed by atoms with van der Waals surface area (Å²) < 4.78 is 39.0. The summed E-state index contributed by atoms with van der Waals surface area (Å²) >= 11 is 0. The minimum atomic E-state index is -2.69. The first kappa shape index (κ1) is 18.9. The van der Waals surface area contributed by atoms with Gasteiger partial charge < -0.3 is 24.3 Å². The lowest BCUT2D eigenvalue weighted by Gasteiger charge is -2.26. The van der Waals surface area contributed by atoms with Crippen molar-refractivity contribution in [3.63, 3.8) is 0 Å². The average molecular weight is 380 g/mol. The number of nitrogens with zero attached hydrogens (tertiary/aromatic N) is 3. The summed E-state index contributed by atoms with van der Waals surface area (Å²) in [5.74, 6) is 1.73. The second-order valence-corrected chi connectivity index (χ2v) is 6.15. The predicted molar refractivity (Wildman–Crippen MR) is 97.5 cm³/mol. The molecule has 1 aliphatic rings. The number of benzene rings is 1. The standard InChI is InChI=1S/C18H22F2N4O3/c1-3-21-12-4-5-13-15(8-12)27-7-6-24-9-16(22-18(13)24)23(2)14(17(19)20)10-26-11-25/h4-5,8-9,11,14,17,21H,3,6-7,10H2,1-2H3. The number of likely N-dealkylation sites (N-methyl/N-ethyl adjacent to an activating group) is 1. The first-order valence-electron chi connectivity index (χ1n) is 8.69. The third-order valence-electron chi connectivity index (χ3n) is 4.44. The number of aromatic nitrogens is 2. The molecule has 2 aromatic rings. The van der Waals surface area contributed by atoms with Crippen molar-refractivity contribution in [2.24, 2.45) is 0 Å². The van der Waals surface area contributed by atoms with Crippen molar-refractivity contribution in [1.29, 1.82) is 0 Å². The summed E-state index contributed by atoms with van der Waals surface area (Å²) in [6.07, 6.45) is -0.975. The van der Waals surface area contributed by atoms with Gasteiger partial charge in [0.2, 0.25) is 0 Å². The fourth-order valence-electron chi connectivity index (χ4n) is 3.01. The fraction of sp³-hybridized carbons (Fsp3) is 0.444. The molecule has 1 aromatic heterocycles. The molecule has 2 heterocycles. The van der Waals surface area contributed by atoms with E-state index in [9.17, 15) is 13.6 Å². The highest BCUT2D eigenvalue weighted by Gasteiger charge is 2.29. The second kappa shape index (κ2) is 8.24. The molecular weight excluding hydrogens is 358 g/mol. The van der Waals surface area contributed by atoms with Crippen molar-refractivity contribution >= 4 is 18.0 Å². The van der Waals surface area contributed by atoms with E-state index in [1.165, 1.54) is 11.9 Å². The highest BCUT2D eigenvalue weighted by Crippen LogP contribution is 2.35. The summed E-state index contributed by atoms with van der Waals surface area (Å²) in [5.41, 5.74) is 1.74. The molecule has 1 aromatic carbocycles. The molecule has 0 radical (unpaired) electrons. The van der Waals surface area contributed by atoms with Crippen LogP contribution in [0.4, 0.5) is 20.3 Å². The first-order chi connectivity index (χ1) is 13.0. The van der Waals surface area contributed by atoms with Crippen LogP contribution in [-0.4, -0.2) is 55.3 Å². The lowest BCUT2D eigenvalue weighted by atomic mass is 10.1. The number of alkyl halides is 2. The van der Waals surface area contributed by atoms with Crippen LogP contribution in [0.1, 0.15) is 6.92 Å². The minimum absolute atomic E-state index is 0.168. The highest BCUT2D eigenvalue weighted by molar-refractivity contribution is 5.71. The van der Waals surface area contributed by atoms with Crippen molar-refractivity contribution < 1.29 is 23.0 Å². The van der Waals surface area contributed by atoms with E-state index in [4.69, 9.17) is 4.74 Å². The van der Waals surface area contributed by atoms with Gasteiger partial charge >= 0.3 is 0 Å². The lowest BCUT2D eigenvalue weighted by Crippen LogP contribution is -2.41. The van der Waals surface area contributed by atoms with Gasteiger partial charge in [0, 0.05) is 31.5 Å². The molecule has 0 spiro atoms. The molecule has 1 unspecified atom stereocenters. The van der Waals surface area contributed by atoms with Crippen LogP contribution in [0.5, 0.6) is 5.75 Å². The molecule has 1 N–H and O–H groups in total. The number of rotatable bonds is 8. The molecule has 7 nitrogen and oxygen atoms in total. The van der Waals surface area contributed by atoms with Crippen molar-refractivity contribution in [2.75, 3.05) is 37.0 Å². The number of carbonyl (C=O) groups is 1. The highest BCUT2D eigenvalue weighted by atomic mass is 19.3. The van der Waals surface area contributed by atoms with Crippen molar-refractivity contribution in [3.8, 4) is 17.1 Å². The molecule has 27 heavy (non-hydrogen) atoms. The van der Waals surface area contributed by atoms with Crippen molar-refractivity contribution in [3.05, 3.63) is 24.4 Å². The van der Waals surface area contributed by atoms with Gasteiger partial charge in [-0.3, -0.25) is 4.79 Å². The van der Waals surface area contributed by atoms with Crippen LogP contribution < -0.4 is 15.0 Å². The Kier molecular flexibility index (Phi) is 5.78. The van der Waals surface area contributed by atoms with Gasteiger partial charge in [-0.1, -0.05) is 0 Å². The molecule has 0 aliphatic carbocycles. The van der Waals surface area contributed by atoms with E-state index in [0.29, 0.717) is 30.5 Å². The van der Waals surface area contributed by atoms with E-state index in [1.54, 1.807) is 6.20 Å². The number of imidazole rings is 1. The SMILES string of the molecule is CCNc1ccc2c(c1)OCCn1cc(N(C)C(COC=O)C(F)F)nc1-2. The van der Waals surface area contributed by atoms with Crippen LogP contribution in [0.25, 0.3) is 11.4 Å². The Morgan fingerprint density at radius 3 is 3.00 bits per heavy atom. The van der Waals surface area contributed by atoms with E-state index in [0.717, 1.165) is 17.8 Å². The average Bonchev–Trinajstić information content (AvgIpc) is 2.99. The number of hydrogen-bond acceptors (Lipinski definition) is 6. The molecule has 0 saturated heterocycles. The Balaban J connectivity index is 1.93. The van der Waals surface area contributed by atoms with Crippen LogP contribution in [-0.2, 0) is 16.1 Å². The van der Waals surface area contributed by atoms with E-state index >= 15 is 0 Å². The van der Waals surface area contributed by atoms with Crippen molar-refractivity contribution in [1.82, 2.24) is 9.55 Å². The quantitative estimate of drug-likeness (QED) is 0.710. The molecule has 3 rings (SSSR count). The van der Waals surface area contributed by atoms with Crippen molar-refractivity contribution in [2.45, 2.75) is 25.9 Å². The van der Waals surface area contributed by atoms with E-state index in [-0.39, 0.29) is 6.47 Å². The van der Waals surface area contributed by atoms with E-state index in [2.05, 4.69) is 15.0 Å². The van der Waals surface area contributed by atoms with Gasteiger partial charge in [-0.15, -0.1) is 0 Å². The monoisotopic (exact) mass is 380 g/mol. The maximum absolute atomic E-state index is 13.4. The van der Waals surface area contributed by atoms with Gasteiger partial charge in [0.05, 0.1) is 12.1 Å². The Labute approximate surface area is 155 Å². The summed E-state index contributed by atoms with van der Waals surface area (Å²) in [6, 6.07) is 4.47. The van der Waals surface area contributed by atoms with Crippen LogP contribution in [0.15, 0.2) is 24.4 Å².